The third-order valence-electron chi connectivity index (χ3n) is 5.38. The van der Waals surface area contributed by atoms with Crippen LogP contribution in [0.25, 0.3) is 0 Å². The van der Waals surface area contributed by atoms with E-state index in [2.05, 4.69) is 36.8 Å². The predicted molar refractivity (Wildman–Crippen MR) is 108 cm³/mol. The largest absolute Gasteiger partial charge is 0.485 e. The van der Waals surface area contributed by atoms with Crippen molar-refractivity contribution in [3.05, 3.63) is 60.2 Å². The number of allylic oxidation sites excluding steroid dienone is 1. The number of fused-ring (bicyclic) bond motifs is 1. The fourth-order valence-electron chi connectivity index (χ4n) is 3.81. The van der Waals surface area contributed by atoms with Gasteiger partial charge in [-0.05, 0) is 50.1 Å². The first-order chi connectivity index (χ1) is 12.7. The van der Waals surface area contributed by atoms with Gasteiger partial charge in [0.1, 0.15) is 6.61 Å². The van der Waals surface area contributed by atoms with E-state index in [-0.39, 0.29) is 6.10 Å². The average Bonchev–Trinajstić information content (AvgIpc) is 2.69. The number of benzene rings is 1. The summed E-state index contributed by atoms with van der Waals surface area (Å²) in [4.78, 5) is 2.46. The van der Waals surface area contributed by atoms with Crippen LogP contribution >= 0.6 is 0 Å². The van der Waals surface area contributed by atoms with Crippen LogP contribution in [0.3, 0.4) is 0 Å². The lowest BCUT2D eigenvalue weighted by atomic mass is 9.94. The molecule has 1 fully saturated rings. The SMILES string of the molecule is C=C(/C=C\C(=C/C)[C@H]1COc2ccccc2O1)CN(C)C1CCCCC1. The average molecular weight is 354 g/mol. The topological polar surface area (TPSA) is 21.7 Å². The zero-order chi connectivity index (χ0) is 18.4. The summed E-state index contributed by atoms with van der Waals surface area (Å²) in [7, 11) is 2.22. The Balaban J connectivity index is 1.55. The van der Waals surface area contributed by atoms with Crippen LogP contribution in [0.5, 0.6) is 11.5 Å². The molecule has 2 aliphatic rings. The van der Waals surface area contributed by atoms with Gasteiger partial charge in [0.15, 0.2) is 17.6 Å². The standard InChI is InChI=1S/C23H31NO2/c1-4-19(23-17-25-21-12-8-9-13-22(21)26-23)15-14-18(2)16-24(3)20-10-6-5-7-11-20/h4,8-9,12-15,20,23H,2,5-7,10-11,16-17H2,1,3H3/b15-14-,19-4+/t23-/m1/s1. The van der Waals surface area contributed by atoms with Crippen molar-refractivity contribution in [3.8, 4) is 11.5 Å². The van der Waals surface area contributed by atoms with Crippen molar-refractivity contribution in [2.45, 2.75) is 51.2 Å². The highest BCUT2D eigenvalue weighted by Crippen LogP contribution is 2.32. The summed E-state index contributed by atoms with van der Waals surface area (Å²) in [6, 6.07) is 8.54. The summed E-state index contributed by atoms with van der Waals surface area (Å²) in [6.07, 6.45) is 13.0. The van der Waals surface area contributed by atoms with E-state index in [4.69, 9.17) is 9.47 Å². The molecule has 26 heavy (non-hydrogen) atoms. The number of para-hydroxylation sites is 2. The molecule has 0 spiro atoms. The minimum absolute atomic E-state index is 0.0741. The lowest BCUT2D eigenvalue weighted by Gasteiger charge is -2.31. The molecule has 1 heterocycles. The van der Waals surface area contributed by atoms with Crippen molar-refractivity contribution >= 4 is 0 Å². The van der Waals surface area contributed by atoms with Gasteiger partial charge in [-0.2, -0.15) is 0 Å². The molecule has 0 amide bonds. The third kappa shape index (κ3) is 4.79. The highest BCUT2D eigenvalue weighted by Gasteiger charge is 2.22. The number of hydrogen-bond donors (Lipinski definition) is 0. The molecule has 1 aliphatic heterocycles. The van der Waals surface area contributed by atoms with Crippen molar-refractivity contribution < 1.29 is 9.47 Å². The van der Waals surface area contributed by atoms with Crippen molar-refractivity contribution in [3.63, 3.8) is 0 Å². The van der Waals surface area contributed by atoms with Crippen LogP contribution in [-0.2, 0) is 0 Å². The van der Waals surface area contributed by atoms with E-state index in [9.17, 15) is 0 Å². The van der Waals surface area contributed by atoms with Gasteiger partial charge in [0.05, 0.1) is 0 Å². The fourth-order valence-corrected chi connectivity index (χ4v) is 3.81. The first-order valence-electron chi connectivity index (χ1n) is 9.78. The van der Waals surface area contributed by atoms with Crippen molar-refractivity contribution in [1.29, 1.82) is 0 Å². The molecule has 140 valence electrons. The Morgan fingerprint density at radius 2 is 1.88 bits per heavy atom. The molecule has 0 saturated heterocycles. The summed E-state index contributed by atoms with van der Waals surface area (Å²) in [5, 5.41) is 0. The van der Waals surface area contributed by atoms with Gasteiger partial charge < -0.3 is 9.47 Å². The van der Waals surface area contributed by atoms with E-state index in [1.54, 1.807) is 0 Å². The van der Waals surface area contributed by atoms with Crippen molar-refractivity contribution in [1.82, 2.24) is 4.90 Å². The molecule has 3 nitrogen and oxygen atoms in total. The van der Waals surface area contributed by atoms with Crippen LogP contribution in [0.15, 0.2) is 60.2 Å². The molecule has 1 saturated carbocycles. The predicted octanol–water partition coefficient (Wildman–Crippen LogP) is 5.15. The summed E-state index contributed by atoms with van der Waals surface area (Å²) in [6.45, 7) is 7.75. The summed E-state index contributed by atoms with van der Waals surface area (Å²) < 4.78 is 11.9. The molecule has 0 unspecified atom stereocenters. The van der Waals surface area contributed by atoms with Crippen molar-refractivity contribution in [2.24, 2.45) is 0 Å². The summed E-state index contributed by atoms with van der Waals surface area (Å²) >= 11 is 0. The second kappa shape index (κ2) is 9.09. The van der Waals surface area contributed by atoms with Gasteiger partial charge in [0.2, 0.25) is 0 Å². The van der Waals surface area contributed by atoms with Gasteiger partial charge in [-0.3, -0.25) is 4.90 Å². The Hall–Kier alpha value is -2.00. The maximum Gasteiger partial charge on any atom is 0.162 e. The molecule has 1 atom stereocenters. The highest BCUT2D eigenvalue weighted by atomic mass is 16.6. The van der Waals surface area contributed by atoms with E-state index in [1.807, 2.05) is 31.2 Å². The Morgan fingerprint density at radius 3 is 2.62 bits per heavy atom. The van der Waals surface area contributed by atoms with Gasteiger partial charge >= 0.3 is 0 Å². The quantitative estimate of drug-likeness (QED) is 0.660. The highest BCUT2D eigenvalue weighted by molar-refractivity contribution is 5.42. The van der Waals surface area contributed by atoms with Crippen LogP contribution in [0, 0.1) is 0 Å². The van der Waals surface area contributed by atoms with Crippen LogP contribution in [-0.4, -0.2) is 37.2 Å². The van der Waals surface area contributed by atoms with E-state index >= 15 is 0 Å². The molecule has 1 aliphatic carbocycles. The van der Waals surface area contributed by atoms with Gasteiger partial charge in [0.25, 0.3) is 0 Å². The maximum atomic E-state index is 6.11. The number of rotatable bonds is 6. The van der Waals surface area contributed by atoms with Crippen LogP contribution in [0.2, 0.25) is 0 Å². The van der Waals surface area contributed by atoms with E-state index in [0.717, 1.165) is 29.2 Å². The molecule has 0 N–H and O–H groups in total. The van der Waals surface area contributed by atoms with E-state index in [0.29, 0.717) is 12.6 Å². The molecule has 1 aromatic rings. The molecular formula is C23H31NO2. The smallest absolute Gasteiger partial charge is 0.162 e. The molecular weight excluding hydrogens is 322 g/mol. The minimum atomic E-state index is -0.0741. The Kier molecular flexibility index (Phi) is 6.56. The Labute approximate surface area is 158 Å². The molecule has 3 heteroatoms. The van der Waals surface area contributed by atoms with Gasteiger partial charge in [-0.25, -0.2) is 0 Å². The minimum Gasteiger partial charge on any atom is -0.485 e. The number of likely N-dealkylation sites (N-methyl/N-ethyl adjacent to an activating group) is 1. The van der Waals surface area contributed by atoms with Gasteiger partial charge in [-0.15, -0.1) is 0 Å². The zero-order valence-corrected chi connectivity index (χ0v) is 16.1. The van der Waals surface area contributed by atoms with Crippen molar-refractivity contribution in [2.75, 3.05) is 20.2 Å². The number of nitrogens with zero attached hydrogens (tertiary/aromatic N) is 1. The molecule has 1 aromatic carbocycles. The molecule has 0 bridgehead atoms. The van der Waals surface area contributed by atoms with E-state index in [1.165, 1.54) is 32.1 Å². The second-order valence-corrected chi connectivity index (χ2v) is 7.35. The summed E-state index contributed by atoms with van der Waals surface area (Å²) in [5.74, 6) is 1.63. The van der Waals surface area contributed by atoms with Crippen LogP contribution in [0.4, 0.5) is 0 Å². The van der Waals surface area contributed by atoms with Crippen LogP contribution < -0.4 is 9.47 Å². The third-order valence-corrected chi connectivity index (χ3v) is 5.38. The van der Waals surface area contributed by atoms with Gasteiger partial charge in [0, 0.05) is 12.6 Å². The fraction of sp³-hybridized carbons (Fsp3) is 0.478. The molecule has 3 rings (SSSR count). The second-order valence-electron chi connectivity index (χ2n) is 7.35. The van der Waals surface area contributed by atoms with Crippen LogP contribution in [0.1, 0.15) is 39.0 Å². The number of ether oxygens (including phenoxy) is 2. The lowest BCUT2D eigenvalue weighted by Crippen LogP contribution is -2.34. The van der Waals surface area contributed by atoms with E-state index < -0.39 is 0 Å². The first-order valence-corrected chi connectivity index (χ1v) is 9.78. The normalized spacial score (nSPS) is 21.3. The first kappa shape index (κ1) is 18.8. The summed E-state index contributed by atoms with van der Waals surface area (Å²) in [5.41, 5.74) is 2.26. The monoisotopic (exact) mass is 353 g/mol. The van der Waals surface area contributed by atoms with Gasteiger partial charge in [-0.1, -0.05) is 56.2 Å². The maximum absolute atomic E-state index is 6.11. The molecule has 0 radical (unpaired) electrons. The Bertz CT molecular complexity index is 671. The zero-order valence-electron chi connectivity index (χ0n) is 16.1. The number of hydrogen-bond acceptors (Lipinski definition) is 3. The lowest BCUT2D eigenvalue weighted by molar-refractivity contribution is 0.117. The Morgan fingerprint density at radius 1 is 1.15 bits per heavy atom. The molecule has 0 aromatic heterocycles.